The monoisotopic (exact) mass is 223 g/mol. The number of carbonyl (C=O) groups excluding carboxylic acids is 1. The van der Waals surface area contributed by atoms with Gasteiger partial charge < -0.3 is 10.2 Å². The summed E-state index contributed by atoms with van der Waals surface area (Å²) in [5.74, 6) is -0.630. The zero-order valence-corrected chi connectivity index (χ0v) is 9.11. The standard InChI is InChI=1S/C11H14FN3O/c1-8-7-15(3-2-14-8)11(16)9-4-10(12)6-13-5-9/h4-6,8,14H,2-3,7H2,1H3/t8-/m1/s1. The van der Waals surface area contributed by atoms with Crippen molar-refractivity contribution in [2.24, 2.45) is 0 Å². The summed E-state index contributed by atoms with van der Waals surface area (Å²) in [7, 11) is 0. The quantitative estimate of drug-likeness (QED) is 0.760. The number of hydrogen-bond donors (Lipinski definition) is 1. The lowest BCUT2D eigenvalue weighted by Gasteiger charge is -2.31. The Morgan fingerprint density at radius 3 is 3.12 bits per heavy atom. The summed E-state index contributed by atoms with van der Waals surface area (Å²) in [5, 5.41) is 3.25. The maximum absolute atomic E-state index is 12.9. The SMILES string of the molecule is C[C@@H]1CN(C(=O)c2cncc(F)c2)CCN1. The molecule has 2 rings (SSSR count). The van der Waals surface area contributed by atoms with Crippen LogP contribution in [0.3, 0.4) is 0 Å². The Hall–Kier alpha value is -1.49. The fourth-order valence-corrected chi connectivity index (χ4v) is 1.83. The fraction of sp³-hybridized carbons (Fsp3) is 0.455. The molecule has 86 valence electrons. The highest BCUT2D eigenvalue weighted by atomic mass is 19.1. The normalized spacial score (nSPS) is 20.9. The summed E-state index contributed by atoms with van der Waals surface area (Å²) in [6, 6.07) is 1.50. The first kappa shape index (κ1) is 11.0. The van der Waals surface area contributed by atoms with Crippen molar-refractivity contribution in [3.63, 3.8) is 0 Å². The van der Waals surface area contributed by atoms with E-state index in [4.69, 9.17) is 0 Å². The van der Waals surface area contributed by atoms with E-state index in [0.717, 1.165) is 12.7 Å². The second-order valence-corrected chi connectivity index (χ2v) is 4.00. The molecule has 1 saturated heterocycles. The van der Waals surface area contributed by atoms with Crippen LogP contribution in [-0.4, -0.2) is 41.5 Å². The summed E-state index contributed by atoms with van der Waals surface area (Å²) in [5.41, 5.74) is 0.314. The first-order valence-electron chi connectivity index (χ1n) is 5.30. The van der Waals surface area contributed by atoms with Gasteiger partial charge in [-0.1, -0.05) is 0 Å². The number of halogens is 1. The van der Waals surface area contributed by atoms with Crippen molar-refractivity contribution < 1.29 is 9.18 Å². The Bertz CT molecular complexity index is 397. The van der Waals surface area contributed by atoms with Gasteiger partial charge in [0.15, 0.2) is 0 Å². The lowest BCUT2D eigenvalue weighted by Crippen LogP contribution is -2.51. The number of nitrogens with zero attached hydrogens (tertiary/aromatic N) is 2. The number of hydrogen-bond acceptors (Lipinski definition) is 3. The highest BCUT2D eigenvalue weighted by Gasteiger charge is 2.21. The van der Waals surface area contributed by atoms with E-state index in [1.54, 1.807) is 4.90 Å². The second-order valence-electron chi connectivity index (χ2n) is 4.00. The molecule has 1 atom stereocenters. The van der Waals surface area contributed by atoms with Gasteiger partial charge in [0.25, 0.3) is 5.91 Å². The van der Waals surface area contributed by atoms with Crippen LogP contribution in [0.15, 0.2) is 18.5 Å². The number of nitrogens with one attached hydrogen (secondary N) is 1. The molecule has 1 fully saturated rings. The van der Waals surface area contributed by atoms with Crippen LogP contribution < -0.4 is 5.32 Å². The number of rotatable bonds is 1. The average Bonchev–Trinajstić information content (AvgIpc) is 2.28. The molecule has 16 heavy (non-hydrogen) atoms. The van der Waals surface area contributed by atoms with E-state index >= 15 is 0 Å². The predicted octanol–water partition coefficient (Wildman–Crippen LogP) is 0.655. The molecule has 0 aliphatic carbocycles. The van der Waals surface area contributed by atoms with Crippen LogP contribution >= 0.6 is 0 Å². The molecular formula is C11H14FN3O. The summed E-state index contributed by atoms with van der Waals surface area (Å²) in [4.78, 5) is 17.4. The van der Waals surface area contributed by atoms with E-state index in [0.29, 0.717) is 18.7 Å². The van der Waals surface area contributed by atoms with E-state index in [9.17, 15) is 9.18 Å². The maximum Gasteiger partial charge on any atom is 0.255 e. The van der Waals surface area contributed by atoms with E-state index in [1.165, 1.54) is 12.3 Å². The van der Waals surface area contributed by atoms with Crippen molar-refractivity contribution >= 4 is 5.91 Å². The van der Waals surface area contributed by atoms with Gasteiger partial charge in [-0.05, 0) is 13.0 Å². The molecule has 5 heteroatoms. The minimum atomic E-state index is -0.478. The third kappa shape index (κ3) is 2.36. The molecule has 0 saturated carbocycles. The first-order valence-corrected chi connectivity index (χ1v) is 5.30. The Morgan fingerprint density at radius 1 is 1.62 bits per heavy atom. The molecule has 1 aliphatic heterocycles. The fourth-order valence-electron chi connectivity index (χ4n) is 1.83. The molecule has 1 N–H and O–H groups in total. The lowest BCUT2D eigenvalue weighted by atomic mass is 10.2. The van der Waals surface area contributed by atoms with E-state index in [-0.39, 0.29) is 11.9 Å². The van der Waals surface area contributed by atoms with Crippen molar-refractivity contribution in [2.75, 3.05) is 19.6 Å². The van der Waals surface area contributed by atoms with Gasteiger partial charge in [-0.15, -0.1) is 0 Å². The lowest BCUT2D eigenvalue weighted by molar-refractivity contribution is 0.0708. The van der Waals surface area contributed by atoms with Gasteiger partial charge >= 0.3 is 0 Å². The summed E-state index contributed by atoms with van der Waals surface area (Å²) >= 11 is 0. The van der Waals surface area contributed by atoms with E-state index in [1.807, 2.05) is 6.92 Å². The summed E-state index contributed by atoms with van der Waals surface area (Å²) < 4.78 is 12.9. The molecule has 1 aliphatic rings. The van der Waals surface area contributed by atoms with Gasteiger partial charge in [0, 0.05) is 31.9 Å². The minimum Gasteiger partial charge on any atom is -0.336 e. The minimum absolute atomic E-state index is 0.152. The molecule has 2 heterocycles. The van der Waals surface area contributed by atoms with Crippen LogP contribution in [0.5, 0.6) is 0 Å². The van der Waals surface area contributed by atoms with Crippen molar-refractivity contribution in [2.45, 2.75) is 13.0 Å². The zero-order valence-electron chi connectivity index (χ0n) is 9.11. The van der Waals surface area contributed by atoms with Crippen LogP contribution in [0.4, 0.5) is 4.39 Å². The smallest absolute Gasteiger partial charge is 0.255 e. The molecular weight excluding hydrogens is 209 g/mol. The topological polar surface area (TPSA) is 45.2 Å². The van der Waals surface area contributed by atoms with Gasteiger partial charge in [0.2, 0.25) is 0 Å². The molecule has 0 bridgehead atoms. The predicted molar refractivity (Wildman–Crippen MR) is 57.6 cm³/mol. The van der Waals surface area contributed by atoms with Gasteiger partial charge in [-0.2, -0.15) is 0 Å². The van der Waals surface area contributed by atoms with Crippen molar-refractivity contribution in [1.29, 1.82) is 0 Å². The van der Waals surface area contributed by atoms with Crippen LogP contribution in [0, 0.1) is 5.82 Å². The number of piperazine rings is 1. The average molecular weight is 223 g/mol. The van der Waals surface area contributed by atoms with E-state index < -0.39 is 5.82 Å². The van der Waals surface area contributed by atoms with Crippen LogP contribution in [-0.2, 0) is 0 Å². The Balaban J connectivity index is 2.12. The van der Waals surface area contributed by atoms with Crippen LogP contribution in [0.2, 0.25) is 0 Å². The Labute approximate surface area is 93.5 Å². The van der Waals surface area contributed by atoms with Gasteiger partial charge in [0.1, 0.15) is 5.82 Å². The molecule has 0 radical (unpaired) electrons. The van der Waals surface area contributed by atoms with Gasteiger partial charge in [-0.3, -0.25) is 9.78 Å². The summed E-state index contributed by atoms with van der Waals surface area (Å²) in [6.45, 7) is 4.09. The highest BCUT2D eigenvalue weighted by molar-refractivity contribution is 5.94. The Kier molecular flexibility index (Phi) is 3.14. The third-order valence-electron chi connectivity index (χ3n) is 2.61. The maximum atomic E-state index is 12.9. The van der Waals surface area contributed by atoms with Crippen LogP contribution in [0.1, 0.15) is 17.3 Å². The van der Waals surface area contributed by atoms with Gasteiger partial charge in [0.05, 0.1) is 11.8 Å². The van der Waals surface area contributed by atoms with Crippen molar-refractivity contribution in [1.82, 2.24) is 15.2 Å². The molecule has 0 aromatic carbocycles. The van der Waals surface area contributed by atoms with Crippen molar-refractivity contribution in [3.8, 4) is 0 Å². The number of aromatic nitrogens is 1. The largest absolute Gasteiger partial charge is 0.336 e. The van der Waals surface area contributed by atoms with Crippen LogP contribution in [0.25, 0.3) is 0 Å². The third-order valence-corrected chi connectivity index (χ3v) is 2.61. The summed E-state index contributed by atoms with van der Waals surface area (Å²) in [6.07, 6.45) is 2.50. The molecule has 1 aromatic heterocycles. The molecule has 4 nitrogen and oxygen atoms in total. The second kappa shape index (κ2) is 4.57. The van der Waals surface area contributed by atoms with E-state index in [2.05, 4.69) is 10.3 Å². The zero-order chi connectivity index (χ0) is 11.5. The molecule has 1 amide bonds. The van der Waals surface area contributed by atoms with Gasteiger partial charge in [-0.25, -0.2) is 4.39 Å². The number of pyridine rings is 1. The number of amides is 1. The molecule has 0 spiro atoms. The highest BCUT2D eigenvalue weighted by Crippen LogP contribution is 2.08. The first-order chi connectivity index (χ1) is 7.66. The molecule has 1 aromatic rings. The van der Waals surface area contributed by atoms with Crippen molar-refractivity contribution in [3.05, 3.63) is 29.8 Å². The number of carbonyl (C=O) groups is 1. The molecule has 0 unspecified atom stereocenters. The Morgan fingerprint density at radius 2 is 2.44 bits per heavy atom.